The van der Waals surface area contributed by atoms with E-state index in [1.54, 1.807) is 0 Å². The predicted molar refractivity (Wildman–Crippen MR) is 44.7 cm³/mol. The molecule has 66 valence electrons. The first-order chi connectivity index (χ1) is 5.61. The maximum atomic E-state index is 10.9. The summed E-state index contributed by atoms with van der Waals surface area (Å²) in [5.41, 5.74) is 1.51. The van der Waals surface area contributed by atoms with Crippen LogP contribution >= 0.6 is 0 Å². The van der Waals surface area contributed by atoms with Crippen LogP contribution in [0.3, 0.4) is 0 Å². The van der Waals surface area contributed by atoms with Crippen molar-refractivity contribution in [3.05, 3.63) is 23.0 Å². The van der Waals surface area contributed by atoms with Gasteiger partial charge in [0, 0.05) is 6.42 Å². The molecule has 3 heteroatoms. The molecule has 0 saturated heterocycles. The molecule has 0 amide bonds. The molecule has 0 saturated carbocycles. The summed E-state index contributed by atoms with van der Waals surface area (Å²) in [7, 11) is 0. The Kier molecular flexibility index (Phi) is 2.53. The van der Waals surface area contributed by atoms with Gasteiger partial charge in [0.2, 0.25) is 0 Å². The van der Waals surface area contributed by atoms with Crippen LogP contribution < -0.4 is 0 Å². The third-order valence-corrected chi connectivity index (χ3v) is 1.65. The van der Waals surface area contributed by atoms with E-state index in [1.807, 2.05) is 19.9 Å². The number of aliphatic hydroxyl groups excluding tert-OH is 1. The molecule has 0 aromatic carbocycles. The van der Waals surface area contributed by atoms with E-state index in [0.717, 1.165) is 5.57 Å². The summed E-state index contributed by atoms with van der Waals surface area (Å²) in [6.07, 6.45) is 2.35. The maximum absolute atomic E-state index is 10.9. The first-order valence-electron chi connectivity index (χ1n) is 3.82. The third kappa shape index (κ3) is 1.87. The van der Waals surface area contributed by atoms with Gasteiger partial charge < -0.3 is 9.84 Å². The molecule has 0 bridgehead atoms. The molecule has 1 heterocycles. The molecular formula is C9H12O3. The molecule has 1 aliphatic rings. The Bertz CT molecular complexity index is 257. The minimum atomic E-state index is -0.398. The van der Waals surface area contributed by atoms with Gasteiger partial charge in [-0.3, -0.25) is 0 Å². The highest BCUT2D eigenvalue weighted by molar-refractivity contribution is 5.91. The molecule has 0 spiro atoms. The fraction of sp³-hybridized carbons (Fsp3) is 0.444. The van der Waals surface area contributed by atoms with E-state index >= 15 is 0 Å². The number of ether oxygens (including phenoxy) is 1. The molecule has 0 atom stereocenters. The van der Waals surface area contributed by atoms with Crippen molar-refractivity contribution in [2.24, 2.45) is 0 Å². The number of carbonyl (C=O) groups excluding carboxylic acids is 1. The second kappa shape index (κ2) is 3.43. The summed E-state index contributed by atoms with van der Waals surface area (Å²) >= 11 is 0. The quantitative estimate of drug-likeness (QED) is 0.504. The van der Waals surface area contributed by atoms with Crippen LogP contribution in [-0.4, -0.2) is 17.7 Å². The van der Waals surface area contributed by atoms with Gasteiger partial charge in [-0.05, 0) is 13.8 Å². The van der Waals surface area contributed by atoms with Crippen LogP contribution in [0, 0.1) is 0 Å². The summed E-state index contributed by atoms with van der Waals surface area (Å²) in [5, 5.41) is 9.18. The highest BCUT2D eigenvalue weighted by Crippen LogP contribution is 2.17. The lowest BCUT2D eigenvalue weighted by Gasteiger charge is -1.94. The molecule has 12 heavy (non-hydrogen) atoms. The van der Waals surface area contributed by atoms with Crippen LogP contribution in [0.25, 0.3) is 0 Å². The first-order valence-corrected chi connectivity index (χ1v) is 3.82. The van der Waals surface area contributed by atoms with E-state index in [9.17, 15) is 9.90 Å². The third-order valence-electron chi connectivity index (χ3n) is 1.65. The summed E-state index contributed by atoms with van der Waals surface area (Å²) in [6.45, 7) is 3.92. The molecule has 3 nitrogen and oxygen atoms in total. The van der Waals surface area contributed by atoms with Crippen molar-refractivity contribution in [3.8, 4) is 0 Å². The SMILES string of the molecule is CC(C)=CCC1=C(O)COC1=O. The Morgan fingerprint density at radius 1 is 1.67 bits per heavy atom. The molecule has 0 aromatic rings. The number of hydrogen-bond donors (Lipinski definition) is 1. The lowest BCUT2D eigenvalue weighted by atomic mass is 10.1. The molecule has 0 aliphatic carbocycles. The fourth-order valence-electron chi connectivity index (χ4n) is 0.933. The number of carbonyl (C=O) groups is 1. The van der Waals surface area contributed by atoms with E-state index < -0.39 is 5.97 Å². The minimum Gasteiger partial charge on any atom is -0.508 e. The number of esters is 1. The summed E-state index contributed by atoms with van der Waals surface area (Å²) in [4.78, 5) is 10.9. The lowest BCUT2D eigenvalue weighted by Crippen LogP contribution is -1.98. The van der Waals surface area contributed by atoms with E-state index in [1.165, 1.54) is 0 Å². The van der Waals surface area contributed by atoms with Crippen molar-refractivity contribution in [1.29, 1.82) is 0 Å². The standard InChI is InChI=1S/C9H12O3/c1-6(2)3-4-7-8(10)5-12-9(7)11/h3,10H,4-5H2,1-2H3. The molecule has 1 N–H and O–H groups in total. The van der Waals surface area contributed by atoms with Crippen LogP contribution in [-0.2, 0) is 9.53 Å². The van der Waals surface area contributed by atoms with E-state index in [-0.39, 0.29) is 12.4 Å². The highest BCUT2D eigenvalue weighted by Gasteiger charge is 2.22. The highest BCUT2D eigenvalue weighted by atomic mass is 16.5. The fourth-order valence-corrected chi connectivity index (χ4v) is 0.933. The maximum Gasteiger partial charge on any atom is 0.338 e. The molecule has 0 unspecified atom stereocenters. The van der Waals surface area contributed by atoms with Crippen molar-refractivity contribution in [2.75, 3.05) is 6.61 Å². The number of hydrogen-bond acceptors (Lipinski definition) is 3. The minimum absolute atomic E-state index is 0.0325. The molecule has 0 aromatic heterocycles. The largest absolute Gasteiger partial charge is 0.508 e. The lowest BCUT2D eigenvalue weighted by molar-refractivity contribution is -0.136. The Labute approximate surface area is 71.3 Å². The molecule has 0 fully saturated rings. The van der Waals surface area contributed by atoms with Gasteiger partial charge >= 0.3 is 5.97 Å². The summed E-state index contributed by atoms with van der Waals surface area (Å²) < 4.78 is 4.62. The monoisotopic (exact) mass is 168 g/mol. The van der Waals surface area contributed by atoms with Crippen molar-refractivity contribution in [1.82, 2.24) is 0 Å². The van der Waals surface area contributed by atoms with E-state index in [0.29, 0.717) is 12.0 Å². The Morgan fingerprint density at radius 3 is 2.75 bits per heavy atom. The van der Waals surface area contributed by atoms with Crippen LogP contribution in [0.2, 0.25) is 0 Å². The second-order valence-corrected chi connectivity index (χ2v) is 2.99. The van der Waals surface area contributed by atoms with Gasteiger partial charge in [-0.15, -0.1) is 0 Å². The number of allylic oxidation sites excluding steroid dienone is 2. The number of rotatable bonds is 2. The molecule has 0 radical (unpaired) electrons. The van der Waals surface area contributed by atoms with Crippen molar-refractivity contribution in [2.45, 2.75) is 20.3 Å². The zero-order valence-electron chi connectivity index (χ0n) is 7.26. The zero-order valence-corrected chi connectivity index (χ0v) is 7.26. The van der Waals surface area contributed by atoms with Crippen LogP contribution in [0.5, 0.6) is 0 Å². The van der Waals surface area contributed by atoms with Gasteiger partial charge in [0.25, 0.3) is 0 Å². The van der Waals surface area contributed by atoms with Gasteiger partial charge in [0.05, 0.1) is 5.57 Å². The predicted octanol–water partition coefficient (Wildman–Crippen LogP) is 1.71. The molecular weight excluding hydrogens is 156 g/mol. The van der Waals surface area contributed by atoms with Gasteiger partial charge in [-0.25, -0.2) is 4.79 Å². The van der Waals surface area contributed by atoms with Gasteiger partial charge in [-0.1, -0.05) is 11.6 Å². The van der Waals surface area contributed by atoms with E-state index in [2.05, 4.69) is 4.74 Å². The van der Waals surface area contributed by atoms with E-state index in [4.69, 9.17) is 0 Å². The summed E-state index contributed by atoms with van der Waals surface area (Å²) in [6, 6.07) is 0. The first kappa shape index (κ1) is 8.84. The molecule has 1 aliphatic heterocycles. The second-order valence-electron chi connectivity index (χ2n) is 2.99. The number of aliphatic hydroxyl groups is 1. The van der Waals surface area contributed by atoms with Crippen LogP contribution in [0.15, 0.2) is 23.0 Å². The Hall–Kier alpha value is -1.25. The number of cyclic esters (lactones) is 1. The van der Waals surface area contributed by atoms with Crippen molar-refractivity contribution in [3.63, 3.8) is 0 Å². The summed E-state index contributed by atoms with van der Waals surface area (Å²) in [5.74, 6) is -0.331. The van der Waals surface area contributed by atoms with Crippen molar-refractivity contribution < 1.29 is 14.6 Å². The van der Waals surface area contributed by atoms with Crippen LogP contribution in [0.1, 0.15) is 20.3 Å². The average molecular weight is 168 g/mol. The Morgan fingerprint density at radius 2 is 2.33 bits per heavy atom. The zero-order chi connectivity index (χ0) is 9.14. The topological polar surface area (TPSA) is 46.5 Å². The normalized spacial score (nSPS) is 16.3. The van der Waals surface area contributed by atoms with Crippen molar-refractivity contribution >= 4 is 5.97 Å². The average Bonchev–Trinajstić information content (AvgIpc) is 2.28. The van der Waals surface area contributed by atoms with Gasteiger partial charge in [0.1, 0.15) is 12.4 Å². The molecule has 1 rings (SSSR count). The smallest absolute Gasteiger partial charge is 0.338 e. The van der Waals surface area contributed by atoms with Crippen LogP contribution in [0.4, 0.5) is 0 Å². The Balaban J connectivity index is 2.68. The van der Waals surface area contributed by atoms with Gasteiger partial charge in [0.15, 0.2) is 0 Å². The van der Waals surface area contributed by atoms with Gasteiger partial charge in [-0.2, -0.15) is 0 Å².